The second-order valence-corrected chi connectivity index (χ2v) is 6.58. The highest BCUT2D eigenvalue weighted by molar-refractivity contribution is 6.30. The lowest BCUT2D eigenvalue weighted by Gasteiger charge is -2.18. The van der Waals surface area contributed by atoms with Crippen LogP contribution in [-0.4, -0.2) is 10.5 Å². The zero-order chi connectivity index (χ0) is 18.7. The van der Waals surface area contributed by atoms with E-state index in [1.165, 1.54) is 6.07 Å². The quantitative estimate of drug-likeness (QED) is 0.743. The van der Waals surface area contributed by atoms with Gasteiger partial charge in [0.25, 0.3) is 5.91 Å². The number of nitrogens with zero attached hydrogens (tertiary/aromatic N) is 1. The molecule has 5 heteroatoms. The van der Waals surface area contributed by atoms with Crippen LogP contribution in [-0.2, 0) is 6.54 Å². The predicted octanol–water partition coefficient (Wildman–Crippen LogP) is 4.42. The monoisotopic (exact) mass is 366 g/mol. The highest BCUT2D eigenvalue weighted by atomic mass is 35.5. The van der Waals surface area contributed by atoms with Crippen molar-refractivity contribution in [1.82, 2.24) is 4.57 Å². The van der Waals surface area contributed by atoms with Gasteiger partial charge in [0, 0.05) is 34.7 Å². The summed E-state index contributed by atoms with van der Waals surface area (Å²) in [4.78, 5) is 25.1. The third kappa shape index (κ3) is 3.86. The largest absolute Gasteiger partial charge is 0.344 e. The molecule has 2 aromatic carbocycles. The van der Waals surface area contributed by atoms with Crippen molar-refractivity contribution < 1.29 is 4.79 Å². The topological polar surface area (TPSA) is 51.1 Å². The molecule has 0 aliphatic carbocycles. The Labute approximate surface area is 157 Å². The fourth-order valence-electron chi connectivity index (χ4n) is 2.97. The summed E-state index contributed by atoms with van der Waals surface area (Å²) in [7, 11) is 0. The van der Waals surface area contributed by atoms with Crippen LogP contribution in [0, 0.1) is 13.8 Å². The average molecular weight is 367 g/mol. The fraction of sp³-hybridized carbons (Fsp3) is 0.143. The molecule has 1 aromatic heterocycles. The van der Waals surface area contributed by atoms with E-state index in [9.17, 15) is 9.59 Å². The van der Waals surface area contributed by atoms with E-state index in [0.29, 0.717) is 22.9 Å². The Kier molecular flexibility index (Phi) is 5.24. The number of nitrogens with one attached hydrogen (secondary N) is 1. The van der Waals surface area contributed by atoms with Crippen molar-refractivity contribution in [2.75, 3.05) is 5.32 Å². The van der Waals surface area contributed by atoms with Gasteiger partial charge < -0.3 is 9.88 Å². The summed E-state index contributed by atoms with van der Waals surface area (Å²) >= 11 is 6.06. The number of para-hydroxylation sites is 1. The number of aromatic nitrogens is 1. The van der Waals surface area contributed by atoms with Crippen molar-refractivity contribution >= 4 is 23.2 Å². The van der Waals surface area contributed by atoms with Crippen LogP contribution in [0.1, 0.15) is 27.3 Å². The fourth-order valence-corrected chi connectivity index (χ4v) is 3.18. The van der Waals surface area contributed by atoms with Gasteiger partial charge in [-0.15, -0.1) is 0 Å². The van der Waals surface area contributed by atoms with E-state index in [-0.39, 0.29) is 11.0 Å². The first-order valence-corrected chi connectivity index (χ1v) is 8.65. The Morgan fingerprint density at radius 1 is 1.04 bits per heavy atom. The van der Waals surface area contributed by atoms with Gasteiger partial charge in [-0.1, -0.05) is 41.9 Å². The maximum atomic E-state index is 12.7. The van der Waals surface area contributed by atoms with Crippen LogP contribution in [0.4, 0.5) is 5.69 Å². The summed E-state index contributed by atoms with van der Waals surface area (Å²) in [6.07, 6.45) is 0. The molecule has 0 aliphatic rings. The van der Waals surface area contributed by atoms with Gasteiger partial charge in [-0.2, -0.15) is 0 Å². The molecule has 0 unspecified atom stereocenters. The molecule has 0 fully saturated rings. The number of aryl methyl sites for hydroxylation is 1. The number of anilines is 1. The third-order valence-corrected chi connectivity index (χ3v) is 4.50. The second kappa shape index (κ2) is 7.58. The van der Waals surface area contributed by atoms with Crippen LogP contribution >= 0.6 is 11.6 Å². The maximum Gasteiger partial charge on any atom is 0.261 e. The number of carbonyl (C=O) groups is 1. The Bertz CT molecular complexity index is 1010. The molecule has 0 aliphatic heterocycles. The van der Waals surface area contributed by atoms with Crippen molar-refractivity contribution in [1.29, 1.82) is 0 Å². The van der Waals surface area contributed by atoms with E-state index >= 15 is 0 Å². The standard InChI is InChI=1S/C21H19ClN2O2/c1-14-11-19(25)20(21(26)23-18-9-4-3-5-10-18)15(2)24(14)13-16-7-6-8-17(22)12-16/h3-12H,13H2,1-2H3,(H,23,26). The lowest BCUT2D eigenvalue weighted by molar-refractivity contribution is 0.102. The summed E-state index contributed by atoms with van der Waals surface area (Å²) in [5, 5.41) is 3.44. The summed E-state index contributed by atoms with van der Waals surface area (Å²) in [5.74, 6) is -0.404. The van der Waals surface area contributed by atoms with E-state index in [2.05, 4.69) is 5.32 Å². The minimum atomic E-state index is -0.404. The molecule has 3 aromatic rings. The smallest absolute Gasteiger partial charge is 0.261 e. The molecule has 1 amide bonds. The molecule has 1 N–H and O–H groups in total. The van der Waals surface area contributed by atoms with Crippen LogP contribution in [0.3, 0.4) is 0 Å². The Balaban J connectivity index is 1.98. The summed E-state index contributed by atoms with van der Waals surface area (Å²) < 4.78 is 1.95. The van der Waals surface area contributed by atoms with Gasteiger partial charge in [0.1, 0.15) is 5.56 Å². The molecule has 1 heterocycles. The highest BCUT2D eigenvalue weighted by Gasteiger charge is 2.18. The molecule has 132 valence electrons. The third-order valence-electron chi connectivity index (χ3n) is 4.27. The van der Waals surface area contributed by atoms with Gasteiger partial charge in [-0.05, 0) is 43.7 Å². The van der Waals surface area contributed by atoms with Crippen LogP contribution < -0.4 is 10.7 Å². The summed E-state index contributed by atoms with van der Waals surface area (Å²) in [5.41, 5.74) is 2.95. The van der Waals surface area contributed by atoms with Gasteiger partial charge in [0.15, 0.2) is 5.43 Å². The number of hydrogen-bond donors (Lipinski definition) is 1. The molecule has 4 nitrogen and oxygen atoms in total. The Hall–Kier alpha value is -2.85. The normalized spacial score (nSPS) is 10.6. The predicted molar refractivity (Wildman–Crippen MR) is 105 cm³/mol. The molecular formula is C21H19ClN2O2. The van der Waals surface area contributed by atoms with Crippen molar-refractivity contribution in [3.63, 3.8) is 0 Å². The van der Waals surface area contributed by atoms with E-state index in [4.69, 9.17) is 11.6 Å². The van der Waals surface area contributed by atoms with Gasteiger partial charge in [-0.25, -0.2) is 0 Å². The molecule has 0 spiro atoms. The number of halogens is 1. The molecule has 0 atom stereocenters. The molecule has 3 rings (SSSR count). The molecule has 0 saturated heterocycles. The molecule has 0 saturated carbocycles. The minimum absolute atomic E-state index is 0.154. The molecule has 0 bridgehead atoms. The number of benzene rings is 2. The number of hydrogen-bond acceptors (Lipinski definition) is 2. The molecule has 0 radical (unpaired) electrons. The SMILES string of the molecule is Cc1cc(=O)c(C(=O)Nc2ccccc2)c(C)n1Cc1cccc(Cl)c1. The Morgan fingerprint density at radius 3 is 2.46 bits per heavy atom. The van der Waals surface area contributed by atoms with Gasteiger partial charge in [-0.3, -0.25) is 9.59 Å². The van der Waals surface area contributed by atoms with Crippen molar-refractivity contribution in [3.05, 3.63) is 98.4 Å². The van der Waals surface area contributed by atoms with Gasteiger partial charge in [0.05, 0.1) is 0 Å². The van der Waals surface area contributed by atoms with Crippen molar-refractivity contribution in [3.8, 4) is 0 Å². The van der Waals surface area contributed by atoms with Gasteiger partial charge in [0.2, 0.25) is 0 Å². The van der Waals surface area contributed by atoms with E-state index < -0.39 is 5.91 Å². The highest BCUT2D eigenvalue weighted by Crippen LogP contribution is 2.16. The number of amides is 1. The minimum Gasteiger partial charge on any atom is -0.344 e. The summed E-state index contributed by atoms with van der Waals surface area (Å²) in [6, 6.07) is 18.1. The van der Waals surface area contributed by atoms with E-state index in [0.717, 1.165) is 11.3 Å². The zero-order valence-corrected chi connectivity index (χ0v) is 15.4. The lowest BCUT2D eigenvalue weighted by Crippen LogP contribution is -2.27. The zero-order valence-electron chi connectivity index (χ0n) is 14.6. The van der Waals surface area contributed by atoms with E-state index in [1.807, 2.05) is 54.0 Å². The van der Waals surface area contributed by atoms with Crippen LogP contribution in [0.2, 0.25) is 5.02 Å². The second-order valence-electron chi connectivity index (χ2n) is 6.15. The number of pyridine rings is 1. The first-order chi connectivity index (χ1) is 12.5. The van der Waals surface area contributed by atoms with Crippen molar-refractivity contribution in [2.24, 2.45) is 0 Å². The average Bonchev–Trinajstić information content (AvgIpc) is 2.59. The van der Waals surface area contributed by atoms with Crippen LogP contribution in [0.25, 0.3) is 0 Å². The first-order valence-electron chi connectivity index (χ1n) is 8.27. The van der Waals surface area contributed by atoms with Crippen LogP contribution in [0.15, 0.2) is 65.5 Å². The first kappa shape index (κ1) is 18.0. The Morgan fingerprint density at radius 2 is 1.77 bits per heavy atom. The van der Waals surface area contributed by atoms with Crippen LogP contribution in [0.5, 0.6) is 0 Å². The van der Waals surface area contributed by atoms with Crippen molar-refractivity contribution in [2.45, 2.75) is 20.4 Å². The van der Waals surface area contributed by atoms with E-state index in [1.54, 1.807) is 19.1 Å². The van der Waals surface area contributed by atoms with Gasteiger partial charge >= 0.3 is 0 Å². The molecular weight excluding hydrogens is 348 g/mol. The molecule has 26 heavy (non-hydrogen) atoms. The number of carbonyl (C=O) groups excluding carboxylic acids is 1. The number of rotatable bonds is 4. The summed E-state index contributed by atoms with van der Waals surface area (Å²) in [6.45, 7) is 4.18. The lowest BCUT2D eigenvalue weighted by atomic mass is 10.1. The maximum absolute atomic E-state index is 12.7.